The lowest BCUT2D eigenvalue weighted by atomic mass is 9.96. The molecule has 0 amide bonds. The van der Waals surface area contributed by atoms with E-state index in [9.17, 15) is 4.79 Å². The summed E-state index contributed by atoms with van der Waals surface area (Å²) >= 11 is 0. The van der Waals surface area contributed by atoms with Crippen molar-refractivity contribution in [2.24, 2.45) is 5.92 Å². The molecular weight excluding hydrogens is 284 g/mol. The summed E-state index contributed by atoms with van der Waals surface area (Å²) in [4.78, 5) is 11.2. The first kappa shape index (κ1) is 22.2. The zero-order chi connectivity index (χ0) is 17.3. The number of esters is 1. The van der Waals surface area contributed by atoms with Gasteiger partial charge >= 0.3 is 5.97 Å². The van der Waals surface area contributed by atoms with Crippen molar-refractivity contribution in [1.82, 2.24) is 0 Å². The number of carbonyl (C=O) groups is 1. The summed E-state index contributed by atoms with van der Waals surface area (Å²) in [5, 5.41) is 0. The van der Waals surface area contributed by atoms with Crippen LogP contribution in [0.5, 0.6) is 0 Å². The van der Waals surface area contributed by atoms with Crippen LogP contribution in [0.25, 0.3) is 0 Å². The minimum atomic E-state index is -0.256. The maximum absolute atomic E-state index is 11.2. The van der Waals surface area contributed by atoms with Gasteiger partial charge in [0.15, 0.2) is 0 Å². The number of hydrogen-bond acceptors (Lipinski definition) is 2. The van der Waals surface area contributed by atoms with Gasteiger partial charge in [0.2, 0.25) is 0 Å². The third kappa shape index (κ3) is 15.9. The molecule has 23 heavy (non-hydrogen) atoms. The molecule has 0 heterocycles. The fraction of sp³-hybridized carbons (Fsp3) is 0.857. The van der Waals surface area contributed by atoms with Gasteiger partial charge in [-0.2, -0.15) is 0 Å². The minimum Gasteiger partial charge on any atom is -0.462 e. The summed E-state index contributed by atoms with van der Waals surface area (Å²) in [7, 11) is 0. The molecule has 0 aliphatic rings. The summed E-state index contributed by atoms with van der Waals surface area (Å²) in [5.74, 6) is 0.645. The number of unbranched alkanes of at least 4 members (excludes halogenated alkanes) is 9. The van der Waals surface area contributed by atoms with Crippen LogP contribution < -0.4 is 0 Å². The highest BCUT2D eigenvalue weighted by Gasteiger charge is 2.03. The third-order valence-electron chi connectivity index (χ3n) is 4.47. The molecule has 0 fully saturated rings. The Kier molecular flexibility index (Phi) is 15.5. The van der Waals surface area contributed by atoms with Crippen LogP contribution in [0.15, 0.2) is 12.2 Å². The molecule has 0 aromatic heterocycles. The number of carbonyl (C=O) groups excluding carboxylic acids is 1. The quantitative estimate of drug-likeness (QED) is 0.177. The molecule has 1 unspecified atom stereocenters. The molecule has 0 aromatic carbocycles. The first-order valence-electron chi connectivity index (χ1n) is 9.90. The Morgan fingerprint density at radius 1 is 0.870 bits per heavy atom. The molecule has 2 heteroatoms. The molecular formula is C21H40O2. The van der Waals surface area contributed by atoms with E-state index in [1.54, 1.807) is 6.92 Å². The molecule has 0 N–H and O–H groups in total. The second-order valence-corrected chi connectivity index (χ2v) is 7.13. The Balaban J connectivity index is 3.23. The number of hydrogen-bond donors (Lipinski definition) is 0. The Bertz CT molecular complexity index is 296. The fourth-order valence-electron chi connectivity index (χ4n) is 2.83. The van der Waals surface area contributed by atoms with Crippen molar-refractivity contribution in [3.8, 4) is 0 Å². The van der Waals surface area contributed by atoms with Crippen LogP contribution in [0.4, 0.5) is 0 Å². The van der Waals surface area contributed by atoms with E-state index >= 15 is 0 Å². The molecule has 0 saturated heterocycles. The second kappa shape index (κ2) is 16.1. The topological polar surface area (TPSA) is 26.3 Å². The molecule has 0 saturated carbocycles. The van der Waals surface area contributed by atoms with Crippen LogP contribution in [0, 0.1) is 5.92 Å². The predicted octanol–water partition coefficient (Wildman–Crippen LogP) is 6.83. The van der Waals surface area contributed by atoms with Crippen LogP contribution in [0.2, 0.25) is 0 Å². The van der Waals surface area contributed by atoms with Crippen molar-refractivity contribution < 1.29 is 9.53 Å². The molecule has 0 aliphatic heterocycles. The lowest BCUT2D eigenvalue weighted by molar-refractivity contribution is -0.139. The van der Waals surface area contributed by atoms with E-state index in [0.717, 1.165) is 18.8 Å². The first-order chi connectivity index (χ1) is 11.1. The Labute approximate surface area is 145 Å². The third-order valence-corrected chi connectivity index (χ3v) is 4.47. The first-order valence-corrected chi connectivity index (χ1v) is 9.90. The van der Waals surface area contributed by atoms with E-state index in [0.29, 0.717) is 12.2 Å². The van der Waals surface area contributed by atoms with E-state index in [1.807, 2.05) is 0 Å². The van der Waals surface area contributed by atoms with Crippen LogP contribution in [0.3, 0.4) is 0 Å². The zero-order valence-electron chi connectivity index (χ0n) is 16.0. The van der Waals surface area contributed by atoms with Gasteiger partial charge in [-0.25, -0.2) is 4.79 Å². The Hall–Kier alpha value is -0.790. The van der Waals surface area contributed by atoms with Gasteiger partial charge in [0.1, 0.15) is 0 Å². The van der Waals surface area contributed by atoms with Crippen molar-refractivity contribution in [2.75, 3.05) is 6.61 Å². The summed E-state index contributed by atoms with van der Waals surface area (Å²) in [6.07, 6.45) is 17.3. The smallest absolute Gasteiger partial charge is 0.333 e. The van der Waals surface area contributed by atoms with Gasteiger partial charge in [-0.1, -0.05) is 97.5 Å². The molecule has 0 spiro atoms. The fourth-order valence-corrected chi connectivity index (χ4v) is 2.83. The maximum atomic E-state index is 11.2. The van der Waals surface area contributed by atoms with Crippen LogP contribution >= 0.6 is 0 Å². The Morgan fingerprint density at radius 2 is 1.35 bits per heavy atom. The normalized spacial score (nSPS) is 12.1. The summed E-state index contributed by atoms with van der Waals surface area (Å²) in [6.45, 7) is 10.5. The summed E-state index contributed by atoms with van der Waals surface area (Å²) in [6, 6.07) is 0. The van der Waals surface area contributed by atoms with Crippen LogP contribution in [0.1, 0.15) is 104 Å². The summed E-state index contributed by atoms with van der Waals surface area (Å²) in [5.41, 5.74) is 0.490. The monoisotopic (exact) mass is 324 g/mol. The van der Waals surface area contributed by atoms with Crippen molar-refractivity contribution in [3.05, 3.63) is 12.2 Å². The number of rotatable bonds is 16. The minimum absolute atomic E-state index is 0.256. The molecule has 0 aliphatic carbocycles. The van der Waals surface area contributed by atoms with Gasteiger partial charge in [-0.05, 0) is 19.3 Å². The molecule has 1 atom stereocenters. The van der Waals surface area contributed by atoms with Crippen molar-refractivity contribution >= 4 is 5.97 Å². The van der Waals surface area contributed by atoms with E-state index < -0.39 is 0 Å². The van der Waals surface area contributed by atoms with Gasteiger partial charge in [0.05, 0.1) is 6.61 Å². The van der Waals surface area contributed by atoms with Gasteiger partial charge in [0.25, 0.3) is 0 Å². The molecule has 0 bridgehead atoms. The molecule has 0 aromatic rings. The van der Waals surface area contributed by atoms with E-state index in [1.165, 1.54) is 70.6 Å². The lowest BCUT2D eigenvalue weighted by Gasteiger charge is -2.11. The van der Waals surface area contributed by atoms with E-state index in [-0.39, 0.29) is 5.97 Å². The highest BCUT2D eigenvalue weighted by atomic mass is 16.5. The van der Waals surface area contributed by atoms with Gasteiger partial charge < -0.3 is 4.74 Å². The van der Waals surface area contributed by atoms with Crippen LogP contribution in [-0.4, -0.2) is 12.6 Å². The SMILES string of the molecule is C=C(C)C(=O)OCCCCCCCCC(C)CCCCCCC. The molecule has 0 rings (SSSR count). The zero-order valence-corrected chi connectivity index (χ0v) is 16.0. The number of ether oxygens (including phenoxy) is 1. The average Bonchev–Trinajstić information content (AvgIpc) is 2.52. The van der Waals surface area contributed by atoms with Gasteiger partial charge in [0, 0.05) is 5.57 Å². The highest BCUT2D eigenvalue weighted by Crippen LogP contribution is 2.18. The largest absolute Gasteiger partial charge is 0.462 e. The lowest BCUT2D eigenvalue weighted by Crippen LogP contribution is -2.05. The highest BCUT2D eigenvalue weighted by molar-refractivity contribution is 5.86. The molecule has 0 radical (unpaired) electrons. The molecule has 2 nitrogen and oxygen atoms in total. The predicted molar refractivity (Wildman–Crippen MR) is 101 cm³/mol. The van der Waals surface area contributed by atoms with Gasteiger partial charge in [-0.3, -0.25) is 0 Å². The average molecular weight is 325 g/mol. The Morgan fingerprint density at radius 3 is 1.87 bits per heavy atom. The standard InChI is InChI=1S/C21H40O2/c1-5-6-7-10-13-16-20(4)17-14-11-8-9-12-15-18-23-21(22)19(2)3/h20H,2,5-18H2,1,3-4H3. The van der Waals surface area contributed by atoms with Crippen molar-refractivity contribution in [1.29, 1.82) is 0 Å². The van der Waals surface area contributed by atoms with E-state index in [2.05, 4.69) is 20.4 Å². The molecule has 136 valence electrons. The van der Waals surface area contributed by atoms with Gasteiger partial charge in [-0.15, -0.1) is 0 Å². The second-order valence-electron chi connectivity index (χ2n) is 7.13. The maximum Gasteiger partial charge on any atom is 0.333 e. The van der Waals surface area contributed by atoms with Crippen LogP contribution in [-0.2, 0) is 9.53 Å². The van der Waals surface area contributed by atoms with Crippen molar-refractivity contribution in [3.63, 3.8) is 0 Å². The van der Waals surface area contributed by atoms with E-state index in [4.69, 9.17) is 4.74 Å². The van der Waals surface area contributed by atoms with Crippen molar-refractivity contribution in [2.45, 2.75) is 104 Å². The summed E-state index contributed by atoms with van der Waals surface area (Å²) < 4.78 is 5.09.